The molecule has 0 radical (unpaired) electrons. The summed E-state index contributed by atoms with van der Waals surface area (Å²) in [4.78, 5) is 32.6. The van der Waals surface area contributed by atoms with E-state index in [2.05, 4.69) is 55.1 Å². The summed E-state index contributed by atoms with van der Waals surface area (Å²) < 4.78 is 7.50. The number of hydrogen-bond donors (Lipinski definition) is 1. The molecule has 0 saturated carbocycles. The van der Waals surface area contributed by atoms with E-state index in [0.717, 1.165) is 36.1 Å². The van der Waals surface area contributed by atoms with Crippen LogP contribution in [0.1, 0.15) is 87.4 Å². The van der Waals surface area contributed by atoms with Gasteiger partial charge in [0.25, 0.3) is 0 Å². The number of ketones is 1. The Morgan fingerprint density at radius 2 is 1.89 bits per heavy atom. The molecule has 196 valence electrons. The molecule has 2 aromatic heterocycles. The van der Waals surface area contributed by atoms with E-state index in [1.165, 1.54) is 4.88 Å². The Bertz CT molecular complexity index is 1130. The highest BCUT2D eigenvalue weighted by Gasteiger charge is 2.25. The zero-order chi connectivity index (χ0) is 26.2. The van der Waals surface area contributed by atoms with Gasteiger partial charge < -0.3 is 14.6 Å². The summed E-state index contributed by atoms with van der Waals surface area (Å²) in [5, 5.41) is 5.09. The Hall–Kier alpha value is -2.51. The molecule has 1 N–H and O–H groups in total. The molecule has 1 aromatic carbocycles. The topological polar surface area (TPSA) is 73.2 Å². The Morgan fingerprint density at radius 1 is 1.14 bits per heavy atom. The molecule has 2 atom stereocenters. The van der Waals surface area contributed by atoms with Crippen LogP contribution in [-0.2, 0) is 16.0 Å². The second kappa shape index (κ2) is 13.2. The van der Waals surface area contributed by atoms with Gasteiger partial charge in [-0.2, -0.15) is 0 Å². The van der Waals surface area contributed by atoms with E-state index in [9.17, 15) is 9.59 Å². The van der Waals surface area contributed by atoms with Gasteiger partial charge in [0.2, 0.25) is 5.91 Å². The number of nitrogens with one attached hydrogen (secondary N) is 1. The zero-order valence-corrected chi connectivity index (χ0v) is 23.4. The van der Waals surface area contributed by atoms with Crippen LogP contribution in [0.25, 0.3) is 11.0 Å². The molecular formula is C29H41N3O3S. The number of nitrogens with zero attached hydrogens (tertiary/aromatic N) is 2. The molecule has 0 bridgehead atoms. The minimum atomic E-state index is -0.371. The second-order valence-corrected chi connectivity index (χ2v) is 11.2. The lowest BCUT2D eigenvalue weighted by Gasteiger charge is -2.21. The van der Waals surface area contributed by atoms with Gasteiger partial charge in [0, 0.05) is 48.4 Å². The molecule has 0 aliphatic rings. The number of carbonyl (C=O) groups excluding carboxylic acids is 2. The van der Waals surface area contributed by atoms with Crippen molar-refractivity contribution in [1.29, 1.82) is 0 Å². The number of hydrogen-bond acceptors (Lipinski definition) is 5. The van der Waals surface area contributed by atoms with Crippen LogP contribution in [0.2, 0.25) is 0 Å². The van der Waals surface area contributed by atoms with Gasteiger partial charge in [0.15, 0.2) is 5.78 Å². The largest absolute Gasteiger partial charge is 0.383 e. The van der Waals surface area contributed by atoms with Gasteiger partial charge in [-0.1, -0.05) is 33.8 Å². The monoisotopic (exact) mass is 511 g/mol. The van der Waals surface area contributed by atoms with Crippen LogP contribution >= 0.6 is 11.3 Å². The minimum Gasteiger partial charge on any atom is -0.383 e. The van der Waals surface area contributed by atoms with Crippen LogP contribution in [-0.4, -0.2) is 41.0 Å². The molecule has 2 heterocycles. The third kappa shape index (κ3) is 7.04. The number of Topliss-reactive ketones (excluding diaryl/α,β-unsaturated/α-hetero) is 1. The van der Waals surface area contributed by atoms with Crippen molar-refractivity contribution in [2.75, 3.05) is 13.7 Å². The summed E-state index contributed by atoms with van der Waals surface area (Å²) in [6.45, 7) is 10.9. The number of carbonyl (C=O) groups is 2. The summed E-state index contributed by atoms with van der Waals surface area (Å²) in [5.74, 6) is 0.871. The van der Waals surface area contributed by atoms with Gasteiger partial charge >= 0.3 is 0 Å². The number of rotatable bonds is 14. The van der Waals surface area contributed by atoms with E-state index in [1.54, 1.807) is 18.4 Å². The molecule has 3 aromatic rings. The fourth-order valence-electron chi connectivity index (χ4n) is 4.92. The van der Waals surface area contributed by atoms with Gasteiger partial charge in [-0.3, -0.25) is 9.59 Å². The molecule has 36 heavy (non-hydrogen) atoms. The predicted molar refractivity (Wildman–Crippen MR) is 148 cm³/mol. The fourth-order valence-corrected chi connectivity index (χ4v) is 5.62. The Morgan fingerprint density at radius 3 is 2.50 bits per heavy atom. The molecule has 0 unspecified atom stereocenters. The molecule has 0 aliphatic carbocycles. The average Bonchev–Trinajstić information content (AvgIpc) is 3.47. The number of methoxy groups -OCH3 is 1. The molecule has 6 nitrogen and oxygen atoms in total. The first-order chi connectivity index (χ1) is 17.3. The van der Waals surface area contributed by atoms with Gasteiger partial charge in [-0.05, 0) is 61.7 Å². The normalized spacial score (nSPS) is 13.4. The summed E-state index contributed by atoms with van der Waals surface area (Å²) >= 11 is 1.74. The number of benzene rings is 1. The highest BCUT2D eigenvalue weighted by atomic mass is 32.1. The van der Waals surface area contributed by atoms with Crippen LogP contribution < -0.4 is 5.32 Å². The second-order valence-electron chi connectivity index (χ2n) is 10.1. The maximum atomic E-state index is 13.4. The SMILES string of the molecule is CCC(CC)n1c(Cc2cccs2)nc2cc(C(=O)C[C@@H](CC(C)C)C(=O)N[C@@H](C)COC)ccc21. The van der Waals surface area contributed by atoms with Crippen LogP contribution in [0.15, 0.2) is 35.7 Å². The van der Waals surface area contributed by atoms with Gasteiger partial charge in [0.1, 0.15) is 5.82 Å². The summed E-state index contributed by atoms with van der Waals surface area (Å²) in [6.07, 6.45) is 3.67. The maximum absolute atomic E-state index is 13.4. The first kappa shape index (κ1) is 28.1. The van der Waals surface area contributed by atoms with Gasteiger partial charge in [-0.25, -0.2) is 4.98 Å². The van der Waals surface area contributed by atoms with Crippen molar-refractivity contribution >= 4 is 34.1 Å². The van der Waals surface area contributed by atoms with Crippen LogP contribution in [0.4, 0.5) is 0 Å². The lowest BCUT2D eigenvalue weighted by atomic mass is 9.89. The van der Waals surface area contributed by atoms with E-state index >= 15 is 0 Å². The van der Waals surface area contributed by atoms with Crippen molar-refractivity contribution in [1.82, 2.24) is 14.9 Å². The van der Waals surface area contributed by atoms with E-state index < -0.39 is 0 Å². The first-order valence-corrected chi connectivity index (χ1v) is 14.0. The first-order valence-electron chi connectivity index (χ1n) is 13.1. The molecular weight excluding hydrogens is 470 g/mol. The average molecular weight is 512 g/mol. The number of ether oxygens (including phenoxy) is 1. The van der Waals surface area contributed by atoms with Gasteiger partial charge in [-0.15, -0.1) is 11.3 Å². The van der Waals surface area contributed by atoms with Crippen molar-refractivity contribution in [3.05, 3.63) is 52.0 Å². The summed E-state index contributed by atoms with van der Waals surface area (Å²) in [6, 6.07) is 10.3. The number of imidazole rings is 1. The molecule has 3 rings (SSSR count). The standard InChI is InChI=1S/C29H41N3O3S/c1-7-23(8-2)32-26-12-11-21(15-25(26)31-28(32)17-24-10-9-13-36-24)27(33)16-22(14-19(3)4)29(34)30-20(5)18-35-6/h9-13,15,19-20,22-23H,7-8,14,16-18H2,1-6H3,(H,30,34)/t20-,22+/m0/s1. The Balaban J connectivity index is 1.88. The Labute approximate surface area is 219 Å². The van der Waals surface area contributed by atoms with Crippen LogP contribution in [0.5, 0.6) is 0 Å². The lowest BCUT2D eigenvalue weighted by Crippen LogP contribution is -2.40. The van der Waals surface area contributed by atoms with Crippen molar-refractivity contribution < 1.29 is 14.3 Å². The van der Waals surface area contributed by atoms with Crippen molar-refractivity contribution in [3.8, 4) is 0 Å². The third-order valence-corrected chi connectivity index (χ3v) is 7.54. The van der Waals surface area contributed by atoms with Crippen molar-refractivity contribution in [3.63, 3.8) is 0 Å². The Kier molecular flexibility index (Phi) is 10.3. The lowest BCUT2D eigenvalue weighted by molar-refractivity contribution is -0.126. The number of aromatic nitrogens is 2. The van der Waals surface area contributed by atoms with E-state index in [4.69, 9.17) is 9.72 Å². The molecule has 1 amide bonds. The fraction of sp³-hybridized carbons (Fsp3) is 0.552. The van der Waals surface area contributed by atoms with Crippen molar-refractivity contribution in [2.24, 2.45) is 11.8 Å². The zero-order valence-electron chi connectivity index (χ0n) is 22.5. The number of fused-ring (bicyclic) bond motifs is 1. The predicted octanol–water partition coefficient (Wildman–Crippen LogP) is 6.44. The highest BCUT2D eigenvalue weighted by molar-refractivity contribution is 7.09. The van der Waals surface area contributed by atoms with E-state index in [0.29, 0.717) is 30.6 Å². The number of amides is 1. The van der Waals surface area contributed by atoms with E-state index in [1.807, 2.05) is 25.1 Å². The number of thiophene rings is 1. The molecule has 0 spiro atoms. The van der Waals surface area contributed by atoms with Crippen LogP contribution in [0, 0.1) is 11.8 Å². The minimum absolute atomic E-state index is 0.0195. The smallest absolute Gasteiger partial charge is 0.223 e. The van der Waals surface area contributed by atoms with E-state index in [-0.39, 0.29) is 30.1 Å². The molecule has 0 aliphatic heterocycles. The molecule has 0 fully saturated rings. The highest BCUT2D eigenvalue weighted by Crippen LogP contribution is 2.29. The molecule has 7 heteroatoms. The maximum Gasteiger partial charge on any atom is 0.223 e. The third-order valence-electron chi connectivity index (χ3n) is 6.67. The van der Waals surface area contributed by atoms with Crippen LogP contribution in [0.3, 0.4) is 0 Å². The summed E-state index contributed by atoms with van der Waals surface area (Å²) in [5.41, 5.74) is 2.53. The molecule has 0 saturated heterocycles. The quantitative estimate of drug-likeness (QED) is 0.253. The van der Waals surface area contributed by atoms with Gasteiger partial charge in [0.05, 0.1) is 17.6 Å². The van der Waals surface area contributed by atoms with Crippen molar-refractivity contribution in [2.45, 2.75) is 78.8 Å². The summed E-state index contributed by atoms with van der Waals surface area (Å²) in [7, 11) is 1.62.